The highest BCUT2D eigenvalue weighted by Gasteiger charge is 2.34. The lowest BCUT2D eigenvalue weighted by Gasteiger charge is -2.22. The highest BCUT2D eigenvalue weighted by molar-refractivity contribution is 6.33. The van der Waals surface area contributed by atoms with Crippen molar-refractivity contribution in [1.29, 1.82) is 0 Å². The van der Waals surface area contributed by atoms with E-state index < -0.39 is 0 Å². The molecule has 1 unspecified atom stereocenters. The van der Waals surface area contributed by atoms with Crippen LogP contribution in [-0.4, -0.2) is 32.5 Å². The Morgan fingerprint density at radius 1 is 1.48 bits per heavy atom. The van der Waals surface area contributed by atoms with Gasteiger partial charge in [0.05, 0.1) is 23.0 Å². The molecule has 0 bridgehead atoms. The maximum Gasteiger partial charge on any atom is 0.274 e. The van der Waals surface area contributed by atoms with Crippen molar-refractivity contribution in [1.82, 2.24) is 20.0 Å². The van der Waals surface area contributed by atoms with Gasteiger partial charge < -0.3 is 9.42 Å². The fourth-order valence-electron chi connectivity index (χ4n) is 2.79. The van der Waals surface area contributed by atoms with E-state index in [1.54, 1.807) is 4.90 Å². The number of carbonyl (C=O) groups excluding carboxylic acids is 1. The van der Waals surface area contributed by atoms with Crippen LogP contribution < -0.4 is 0 Å². The topological polar surface area (TPSA) is 72.1 Å². The van der Waals surface area contributed by atoms with Crippen LogP contribution in [0.1, 0.15) is 66.4 Å². The highest BCUT2D eigenvalue weighted by atomic mass is 35.5. The summed E-state index contributed by atoms with van der Waals surface area (Å²) in [4.78, 5) is 23.2. The van der Waals surface area contributed by atoms with Gasteiger partial charge in [-0.25, -0.2) is 9.97 Å². The zero-order valence-electron chi connectivity index (χ0n) is 13.4. The van der Waals surface area contributed by atoms with E-state index in [2.05, 4.69) is 15.1 Å². The summed E-state index contributed by atoms with van der Waals surface area (Å²) in [5.41, 5.74) is 1.06. The average Bonchev–Trinajstić information content (AvgIpc) is 3.15. The molecule has 0 N–H and O–H groups in total. The zero-order chi connectivity index (χ0) is 16.6. The number of aromatic nitrogens is 3. The van der Waals surface area contributed by atoms with Gasteiger partial charge in [0.2, 0.25) is 0 Å². The quantitative estimate of drug-likeness (QED) is 0.858. The summed E-state index contributed by atoms with van der Waals surface area (Å²) in [6.45, 7) is 6.48. The molecule has 0 spiro atoms. The first-order valence-electron chi connectivity index (χ1n) is 7.74. The Morgan fingerprint density at radius 2 is 2.26 bits per heavy atom. The summed E-state index contributed by atoms with van der Waals surface area (Å²) in [6.07, 6.45) is 3.26. The largest absolute Gasteiger partial charge is 0.359 e. The molecule has 6 nitrogen and oxygen atoms in total. The monoisotopic (exact) mass is 334 g/mol. The molecule has 1 saturated heterocycles. The van der Waals surface area contributed by atoms with E-state index >= 15 is 0 Å². The second-order valence-corrected chi connectivity index (χ2v) is 6.51. The van der Waals surface area contributed by atoms with Gasteiger partial charge in [-0.3, -0.25) is 4.79 Å². The van der Waals surface area contributed by atoms with Crippen molar-refractivity contribution in [2.24, 2.45) is 0 Å². The van der Waals surface area contributed by atoms with Crippen molar-refractivity contribution in [2.45, 2.75) is 45.6 Å². The van der Waals surface area contributed by atoms with Crippen LogP contribution in [0.3, 0.4) is 0 Å². The van der Waals surface area contributed by atoms with Crippen LogP contribution in [-0.2, 0) is 0 Å². The van der Waals surface area contributed by atoms with Crippen LogP contribution in [0.4, 0.5) is 0 Å². The normalized spacial score (nSPS) is 18.0. The van der Waals surface area contributed by atoms with Crippen molar-refractivity contribution in [3.05, 3.63) is 40.3 Å². The third-order valence-electron chi connectivity index (χ3n) is 3.97. The first-order chi connectivity index (χ1) is 11.0. The number of hydrogen-bond acceptors (Lipinski definition) is 5. The molecule has 1 amide bonds. The summed E-state index contributed by atoms with van der Waals surface area (Å²) in [7, 11) is 0. The van der Waals surface area contributed by atoms with E-state index in [1.807, 2.05) is 26.8 Å². The molecule has 1 aliphatic heterocycles. The summed E-state index contributed by atoms with van der Waals surface area (Å²) < 4.78 is 5.35. The van der Waals surface area contributed by atoms with Gasteiger partial charge >= 0.3 is 0 Å². The molecule has 1 atom stereocenters. The Morgan fingerprint density at radius 3 is 2.91 bits per heavy atom. The molecule has 7 heteroatoms. The highest BCUT2D eigenvalue weighted by Crippen LogP contribution is 2.34. The Hall–Kier alpha value is -1.95. The number of carbonyl (C=O) groups is 1. The number of amides is 1. The van der Waals surface area contributed by atoms with Crippen LogP contribution >= 0.6 is 11.6 Å². The predicted molar refractivity (Wildman–Crippen MR) is 85.4 cm³/mol. The molecule has 0 radical (unpaired) electrons. The first kappa shape index (κ1) is 15.9. The van der Waals surface area contributed by atoms with Crippen LogP contribution in [0, 0.1) is 6.92 Å². The van der Waals surface area contributed by atoms with Gasteiger partial charge in [-0.2, -0.15) is 0 Å². The van der Waals surface area contributed by atoms with Crippen molar-refractivity contribution in [3.63, 3.8) is 0 Å². The maximum absolute atomic E-state index is 12.9. The van der Waals surface area contributed by atoms with E-state index in [-0.39, 0.29) is 28.6 Å². The smallest absolute Gasteiger partial charge is 0.274 e. The van der Waals surface area contributed by atoms with Crippen molar-refractivity contribution in [2.75, 3.05) is 6.54 Å². The van der Waals surface area contributed by atoms with E-state index in [0.29, 0.717) is 18.1 Å². The molecule has 0 aliphatic carbocycles. The summed E-state index contributed by atoms with van der Waals surface area (Å²) >= 11 is 6.16. The molecule has 0 saturated carbocycles. The Balaban J connectivity index is 1.91. The third kappa shape index (κ3) is 3.08. The van der Waals surface area contributed by atoms with Gasteiger partial charge in [-0.05, 0) is 19.8 Å². The van der Waals surface area contributed by atoms with Crippen molar-refractivity contribution >= 4 is 17.5 Å². The molecule has 2 aromatic rings. The van der Waals surface area contributed by atoms with Crippen LogP contribution in [0.25, 0.3) is 0 Å². The number of halogens is 1. The molecule has 23 heavy (non-hydrogen) atoms. The number of aryl methyl sites for hydroxylation is 1. The minimum atomic E-state index is -0.184. The first-order valence-corrected chi connectivity index (χ1v) is 8.11. The average molecular weight is 335 g/mol. The molecular weight excluding hydrogens is 316 g/mol. The molecule has 122 valence electrons. The van der Waals surface area contributed by atoms with Gasteiger partial charge in [0.1, 0.15) is 5.82 Å². The zero-order valence-corrected chi connectivity index (χ0v) is 14.2. The van der Waals surface area contributed by atoms with Gasteiger partial charge in [0, 0.05) is 18.5 Å². The summed E-state index contributed by atoms with van der Waals surface area (Å²) in [6, 6.07) is 1.76. The second-order valence-electron chi connectivity index (χ2n) is 6.11. The van der Waals surface area contributed by atoms with Gasteiger partial charge in [0.25, 0.3) is 5.91 Å². The van der Waals surface area contributed by atoms with E-state index in [1.165, 1.54) is 6.20 Å². The standard InChI is InChI=1S/C16H19ClN4O2/c1-9(2)15-18-8-11(17)14(19-15)16(22)21-6-4-5-12(21)13-7-10(3)20-23-13/h7-9,12H,4-6H2,1-3H3. The van der Waals surface area contributed by atoms with Crippen LogP contribution in [0.15, 0.2) is 16.8 Å². The summed E-state index contributed by atoms with van der Waals surface area (Å²) in [5, 5.41) is 4.19. The molecule has 0 aromatic carbocycles. The lowest BCUT2D eigenvalue weighted by atomic mass is 10.1. The van der Waals surface area contributed by atoms with Crippen LogP contribution in [0.5, 0.6) is 0 Å². The van der Waals surface area contributed by atoms with E-state index in [0.717, 1.165) is 18.5 Å². The summed E-state index contributed by atoms with van der Waals surface area (Å²) in [5.74, 6) is 1.27. The van der Waals surface area contributed by atoms with E-state index in [9.17, 15) is 4.79 Å². The fraction of sp³-hybridized carbons (Fsp3) is 0.500. The van der Waals surface area contributed by atoms with Crippen molar-refractivity contribution in [3.8, 4) is 0 Å². The minimum Gasteiger partial charge on any atom is -0.359 e. The Bertz CT molecular complexity index is 729. The van der Waals surface area contributed by atoms with Gasteiger partial charge in [0.15, 0.2) is 11.5 Å². The minimum absolute atomic E-state index is 0.114. The molecule has 1 aliphatic rings. The number of likely N-dealkylation sites (tertiary alicyclic amines) is 1. The number of nitrogens with zero attached hydrogens (tertiary/aromatic N) is 4. The SMILES string of the molecule is Cc1cc(C2CCCN2C(=O)c2nc(C(C)C)ncc2Cl)on1. The second kappa shape index (κ2) is 6.28. The molecule has 2 aromatic heterocycles. The fourth-order valence-corrected chi connectivity index (χ4v) is 2.96. The van der Waals surface area contributed by atoms with Gasteiger partial charge in [-0.1, -0.05) is 30.6 Å². The molecule has 3 heterocycles. The lowest BCUT2D eigenvalue weighted by molar-refractivity contribution is 0.0708. The molecule has 3 rings (SSSR count). The predicted octanol–water partition coefficient (Wildman–Crippen LogP) is 3.53. The Kier molecular flexibility index (Phi) is 4.35. The number of hydrogen-bond donors (Lipinski definition) is 0. The lowest BCUT2D eigenvalue weighted by Crippen LogP contribution is -2.31. The maximum atomic E-state index is 12.9. The van der Waals surface area contributed by atoms with Crippen molar-refractivity contribution < 1.29 is 9.32 Å². The molecule has 1 fully saturated rings. The Labute approximate surface area is 139 Å². The molecular formula is C16H19ClN4O2. The third-order valence-corrected chi connectivity index (χ3v) is 4.25. The van der Waals surface area contributed by atoms with E-state index in [4.69, 9.17) is 16.1 Å². The van der Waals surface area contributed by atoms with Gasteiger partial charge in [-0.15, -0.1) is 0 Å². The van der Waals surface area contributed by atoms with Crippen LogP contribution in [0.2, 0.25) is 5.02 Å². The number of rotatable bonds is 3.